The third-order valence-corrected chi connectivity index (χ3v) is 1.46. The average Bonchev–Trinajstić information content (AvgIpc) is 2.34. The fraction of sp³-hybridized carbons (Fsp3) is 0.750. The minimum absolute atomic E-state index is 0. The summed E-state index contributed by atoms with van der Waals surface area (Å²) in [7, 11) is 0. The van der Waals surface area contributed by atoms with Gasteiger partial charge >= 0.3 is 0 Å². The molecule has 0 spiro atoms. The van der Waals surface area contributed by atoms with E-state index in [0.29, 0.717) is 11.8 Å². The molecule has 2 N–H and O–H groups in total. The van der Waals surface area contributed by atoms with Crippen LogP contribution in [-0.4, -0.2) is 10.1 Å². The topological polar surface area (TPSA) is 64.9 Å². The molecule has 0 aliphatic rings. The lowest BCUT2D eigenvalue weighted by molar-refractivity contribution is 0.355. The van der Waals surface area contributed by atoms with Crippen LogP contribution in [0, 0.1) is 5.92 Å². The predicted molar refractivity (Wildman–Crippen MR) is 52.7 cm³/mol. The minimum atomic E-state index is -0.168. The quantitative estimate of drug-likeness (QED) is 0.816. The van der Waals surface area contributed by atoms with E-state index in [9.17, 15) is 0 Å². The van der Waals surface area contributed by atoms with Crippen LogP contribution in [0.5, 0.6) is 0 Å². The first kappa shape index (κ1) is 12.4. The average molecular weight is 206 g/mol. The van der Waals surface area contributed by atoms with Crippen LogP contribution in [0.1, 0.15) is 38.5 Å². The number of aromatic nitrogens is 2. The summed E-state index contributed by atoms with van der Waals surface area (Å²) in [6.45, 7) is 6.05. The van der Waals surface area contributed by atoms with Gasteiger partial charge in [0.25, 0.3) is 0 Å². The molecule has 0 saturated carbocycles. The Kier molecular flexibility index (Phi) is 4.95. The summed E-state index contributed by atoms with van der Waals surface area (Å²) in [5, 5.41) is 3.81. The molecule has 0 aliphatic heterocycles. The van der Waals surface area contributed by atoms with Crippen LogP contribution in [0.2, 0.25) is 0 Å². The van der Waals surface area contributed by atoms with E-state index in [1.807, 2.05) is 6.92 Å². The van der Waals surface area contributed by atoms with Crippen LogP contribution >= 0.6 is 12.4 Å². The summed E-state index contributed by atoms with van der Waals surface area (Å²) in [5.41, 5.74) is 5.56. The van der Waals surface area contributed by atoms with Gasteiger partial charge in [-0.05, 0) is 12.8 Å². The molecule has 5 heteroatoms. The first-order valence-electron chi connectivity index (χ1n) is 4.17. The second-order valence-corrected chi connectivity index (χ2v) is 3.44. The van der Waals surface area contributed by atoms with Crippen molar-refractivity contribution in [3.05, 3.63) is 11.7 Å². The second-order valence-electron chi connectivity index (χ2n) is 3.44. The molecular weight excluding hydrogens is 190 g/mol. The van der Waals surface area contributed by atoms with Crippen LogP contribution in [0.15, 0.2) is 4.52 Å². The molecular formula is C8H16ClN3O. The third kappa shape index (κ3) is 3.74. The molecule has 0 aliphatic carbocycles. The zero-order valence-electron chi connectivity index (χ0n) is 8.15. The van der Waals surface area contributed by atoms with E-state index in [-0.39, 0.29) is 18.4 Å². The predicted octanol–water partition coefficient (Wildman–Crippen LogP) is 1.71. The van der Waals surface area contributed by atoms with Gasteiger partial charge in [0.05, 0.1) is 6.04 Å². The van der Waals surface area contributed by atoms with E-state index < -0.39 is 0 Å². The molecule has 76 valence electrons. The van der Waals surface area contributed by atoms with E-state index in [0.717, 1.165) is 12.2 Å². The number of hydrogen-bond acceptors (Lipinski definition) is 4. The lowest BCUT2D eigenvalue weighted by Crippen LogP contribution is -2.05. The molecule has 0 bridgehead atoms. The molecule has 13 heavy (non-hydrogen) atoms. The molecule has 0 aromatic carbocycles. The van der Waals surface area contributed by atoms with Gasteiger partial charge < -0.3 is 10.3 Å². The van der Waals surface area contributed by atoms with Gasteiger partial charge in [0.15, 0.2) is 5.82 Å². The van der Waals surface area contributed by atoms with Gasteiger partial charge in [-0.2, -0.15) is 4.98 Å². The number of hydrogen-bond donors (Lipinski definition) is 1. The number of rotatable bonds is 3. The van der Waals surface area contributed by atoms with E-state index in [1.165, 1.54) is 0 Å². The van der Waals surface area contributed by atoms with Gasteiger partial charge in [0.1, 0.15) is 0 Å². The largest absolute Gasteiger partial charge is 0.338 e. The van der Waals surface area contributed by atoms with Gasteiger partial charge in [-0.1, -0.05) is 19.0 Å². The molecule has 1 atom stereocenters. The fourth-order valence-electron chi connectivity index (χ4n) is 0.900. The summed E-state index contributed by atoms with van der Waals surface area (Å²) < 4.78 is 4.94. The smallest absolute Gasteiger partial charge is 0.243 e. The Bertz CT molecular complexity index is 247. The van der Waals surface area contributed by atoms with Crippen molar-refractivity contribution in [2.45, 2.75) is 33.2 Å². The van der Waals surface area contributed by atoms with Gasteiger partial charge in [0, 0.05) is 6.42 Å². The maximum absolute atomic E-state index is 5.56. The standard InChI is InChI=1S/C8H15N3O.ClH/c1-5(2)4-7-10-8(6(3)9)12-11-7;/h5-6H,4,9H2,1-3H3;1H/t6-;/m0./s1. The van der Waals surface area contributed by atoms with Crippen molar-refractivity contribution < 1.29 is 4.52 Å². The monoisotopic (exact) mass is 205 g/mol. The van der Waals surface area contributed by atoms with E-state index in [2.05, 4.69) is 24.0 Å². The van der Waals surface area contributed by atoms with Gasteiger partial charge in [-0.25, -0.2) is 0 Å². The number of halogens is 1. The van der Waals surface area contributed by atoms with Crippen molar-refractivity contribution >= 4 is 12.4 Å². The fourth-order valence-corrected chi connectivity index (χ4v) is 0.900. The zero-order valence-corrected chi connectivity index (χ0v) is 8.97. The Morgan fingerprint density at radius 3 is 2.38 bits per heavy atom. The van der Waals surface area contributed by atoms with Gasteiger partial charge in [0.2, 0.25) is 5.89 Å². The Balaban J connectivity index is 0.00000144. The summed E-state index contributed by atoms with van der Waals surface area (Å²) in [6.07, 6.45) is 0.843. The van der Waals surface area contributed by atoms with E-state index >= 15 is 0 Å². The number of nitrogens with two attached hydrogens (primary N) is 1. The van der Waals surface area contributed by atoms with E-state index in [1.54, 1.807) is 0 Å². The SMILES string of the molecule is CC(C)Cc1noc([C@H](C)N)n1.Cl. The Hall–Kier alpha value is -0.610. The van der Waals surface area contributed by atoms with Crippen LogP contribution < -0.4 is 5.73 Å². The number of nitrogens with zero attached hydrogens (tertiary/aromatic N) is 2. The molecule has 0 fully saturated rings. The Morgan fingerprint density at radius 2 is 2.00 bits per heavy atom. The zero-order chi connectivity index (χ0) is 9.14. The van der Waals surface area contributed by atoms with E-state index in [4.69, 9.17) is 10.3 Å². The molecule has 1 heterocycles. The van der Waals surface area contributed by atoms with Crippen molar-refractivity contribution in [2.24, 2.45) is 11.7 Å². The molecule has 1 rings (SSSR count). The molecule has 1 aromatic rings. The maximum atomic E-state index is 5.56. The maximum Gasteiger partial charge on any atom is 0.243 e. The molecule has 0 unspecified atom stereocenters. The van der Waals surface area contributed by atoms with Crippen LogP contribution in [0.4, 0.5) is 0 Å². The highest BCUT2D eigenvalue weighted by Gasteiger charge is 2.10. The summed E-state index contributed by atoms with van der Waals surface area (Å²) in [4.78, 5) is 4.15. The lowest BCUT2D eigenvalue weighted by Gasteiger charge is -1.96. The second kappa shape index (κ2) is 5.19. The normalized spacial score (nSPS) is 12.7. The van der Waals surface area contributed by atoms with Crippen LogP contribution in [-0.2, 0) is 6.42 Å². The van der Waals surface area contributed by atoms with Crippen molar-refractivity contribution in [3.63, 3.8) is 0 Å². The highest BCUT2D eigenvalue weighted by Crippen LogP contribution is 2.08. The van der Waals surface area contributed by atoms with Crippen LogP contribution in [0.3, 0.4) is 0 Å². The first-order valence-corrected chi connectivity index (χ1v) is 4.17. The Labute approximate surface area is 84.3 Å². The van der Waals surface area contributed by atoms with Crippen molar-refractivity contribution in [3.8, 4) is 0 Å². The molecule has 0 radical (unpaired) electrons. The first-order chi connectivity index (χ1) is 5.59. The molecule has 1 aromatic heterocycles. The third-order valence-electron chi connectivity index (χ3n) is 1.46. The van der Waals surface area contributed by atoms with Crippen molar-refractivity contribution in [1.82, 2.24) is 10.1 Å². The summed E-state index contributed by atoms with van der Waals surface area (Å²) >= 11 is 0. The summed E-state index contributed by atoms with van der Waals surface area (Å²) in [6, 6.07) is -0.168. The molecule has 0 amide bonds. The summed E-state index contributed by atoms with van der Waals surface area (Å²) in [5.74, 6) is 1.81. The van der Waals surface area contributed by atoms with Crippen molar-refractivity contribution in [1.29, 1.82) is 0 Å². The Morgan fingerprint density at radius 1 is 1.38 bits per heavy atom. The van der Waals surface area contributed by atoms with Crippen molar-refractivity contribution in [2.75, 3.05) is 0 Å². The highest BCUT2D eigenvalue weighted by molar-refractivity contribution is 5.85. The molecule has 4 nitrogen and oxygen atoms in total. The minimum Gasteiger partial charge on any atom is -0.338 e. The highest BCUT2D eigenvalue weighted by atomic mass is 35.5. The van der Waals surface area contributed by atoms with Gasteiger partial charge in [-0.3, -0.25) is 0 Å². The molecule has 0 saturated heterocycles. The van der Waals surface area contributed by atoms with Crippen LogP contribution in [0.25, 0.3) is 0 Å². The lowest BCUT2D eigenvalue weighted by atomic mass is 10.1. The van der Waals surface area contributed by atoms with Gasteiger partial charge in [-0.15, -0.1) is 12.4 Å².